The number of rotatable bonds is 4. The van der Waals surface area contributed by atoms with Crippen LogP contribution < -0.4 is 10.1 Å². The molecule has 3 heterocycles. The number of amidine groups is 1. The Morgan fingerprint density at radius 2 is 2.20 bits per heavy atom. The molecule has 1 saturated carbocycles. The summed E-state index contributed by atoms with van der Waals surface area (Å²) in [7, 11) is 1.94. The zero-order valence-corrected chi connectivity index (χ0v) is 14.1. The largest absolute Gasteiger partial charge is 0.476 e. The zero-order valence-electron chi connectivity index (χ0n) is 14.1. The van der Waals surface area contributed by atoms with Gasteiger partial charge >= 0.3 is 0 Å². The molecule has 1 fully saturated rings. The van der Waals surface area contributed by atoms with Crippen molar-refractivity contribution in [3.8, 4) is 5.88 Å². The summed E-state index contributed by atoms with van der Waals surface area (Å²) in [5.74, 6) is 2.26. The fraction of sp³-hybridized carbons (Fsp3) is 0.316. The van der Waals surface area contributed by atoms with Crippen molar-refractivity contribution in [2.75, 3.05) is 11.9 Å². The molecule has 0 spiro atoms. The molecule has 2 aromatic heterocycles. The lowest BCUT2D eigenvalue weighted by molar-refractivity contribution is 0.288. The third kappa shape index (κ3) is 2.63. The van der Waals surface area contributed by atoms with Gasteiger partial charge in [-0.1, -0.05) is 6.07 Å². The number of hydrogen-bond acceptors (Lipinski definition) is 5. The summed E-state index contributed by atoms with van der Waals surface area (Å²) >= 11 is 0. The second kappa shape index (κ2) is 5.58. The molecule has 0 atom stereocenters. The van der Waals surface area contributed by atoms with Gasteiger partial charge in [-0.15, -0.1) is 5.10 Å². The minimum absolute atomic E-state index is 0.679. The first kappa shape index (κ1) is 14.5. The van der Waals surface area contributed by atoms with Crippen molar-refractivity contribution in [3.63, 3.8) is 0 Å². The van der Waals surface area contributed by atoms with Crippen molar-refractivity contribution in [1.82, 2.24) is 14.8 Å². The van der Waals surface area contributed by atoms with Crippen LogP contribution in [0.5, 0.6) is 5.88 Å². The Hall–Kier alpha value is -2.89. The Morgan fingerprint density at radius 3 is 3.08 bits per heavy atom. The molecule has 2 aliphatic rings. The van der Waals surface area contributed by atoms with E-state index in [0.717, 1.165) is 46.2 Å². The molecule has 6 nitrogen and oxygen atoms in total. The van der Waals surface area contributed by atoms with E-state index in [4.69, 9.17) is 4.74 Å². The number of hydrogen-bond donors (Lipinski definition) is 1. The van der Waals surface area contributed by atoms with Gasteiger partial charge in [0, 0.05) is 24.5 Å². The monoisotopic (exact) mass is 333 g/mol. The Balaban J connectivity index is 1.42. The van der Waals surface area contributed by atoms with E-state index >= 15 is 0 Å². The number of nitrogens with zero attached hydrogens (tertiary/aromatic N) is 4. The fourth-order valence-corrected chi connectivity index (χ4v) is 3.14. The number of aromatic nitrogens is 3. The van der Waals surface area contributed by atoms with E-state index < -0.39 is 0 Å². The molecule has 5 rings (SSSR count). The standard InChI is InChI=1S/C19H19N5O/c1-24-16-9-14(22-18-17-13(10-21-18)3-2-8-20-17)6-7-15(16)19(23-24)25-11-12-4-5-12/h2-3,6-9,12H,4-5,10-11H2,1H3,(H,21,22). The van der Waals surface area contributed by atoms with Crippen LogP contribution >= 0.6 is 0 Å². The van der Waals surface area contributed by atoms with Gasteiger partial charge in [0.2, 0.25) is 5.88 Å². The van der Waals surface area contributed by atoms with Gasteiger partial charge in [0.15, 0.2) is 5.84 Å². The lowest BCUT2D eigenvalue weighted by Crippen LogP contribution is -2.13. The Morgan fingerprint density at radius 1 is 1.28 bits per heavy atom. The van der Waals surface area contributed by atoms with Crippen LogP contribution in [0.1, 0.15) is 24.1 Å². The molecule has 25 heavy (non-hydrogen) atoms. The number of aryl methyl sites for hydroxylation is 1. The maximum atomic E-state index is 5.90. The highest BCUT2D eigenvalue weighted by molar-refractivity contribution is 6.09. The third-order valence-corrected chi connectivity index (χ3v) is 4.76. The maximum Gasteiger partial charge on any atom is 0.240 e. The molecule has 0 bridgehead atoms. The van der Waals surface area contributed by atoms with Crippen LogP contribution in [0.25, 0.3) is 10.9 Å². The summed E-state index contributed by atoms with van der Waals surface area (Å²) in [4.78, 5) is 9.00. The second-order valence-electron chi connectivity index (χ2n) is 6.72. The van der Waals surface area contributed by atoms with Gasteiger partial charge in [0.25, 0.3) is 0 Å². The predicted octanol–water partition coefficient (Wildman–Crippen LogP) is 3.13. The van der Waals surface area contributed by atoms with Gasteiger partial charge in [-0.2, -0.15) is 0 Å². The molecule has 0 unspecified atom stereocenters. The molecule has 0 radical (unpaired) electrons. The van der Waals surface area contributed by atoms with Gasteiger partial charge in [0.1, 0.15) is 5.69 Å². The number of nitrogens with one attached hydrogen (secondary N) is 1. The highest BCUT2D eigenvalue weighted by Crippen LogP contribution is 2.32. The summed E-state index contributed by atoms with van der Waals surface area (Å²) in [6.07, 6.45) is 4.35. The lowest BCUT2D eigenvalue weighted by atomic mass is 10.2. The number of anilines is 1. The molecular formula is C19H19N5O. The predicted molar refractivity (Wildman–Crippen MR) is 97.0 cm³/mol. The SMILES string of the molecule is Cn1nc(OCC2CC2)c2ccc(NC3=NCc4cccnc43)cc21. The quantitative estimate of drug-likeness (QED) is 0.797. The zero-order chi connectivity index (χ0) is 16.8. The summed E-state index contributed by atoms with van der Waals surface area (Å²) in [5.41, 5.74) is 4.10. The summed E-state index contributed by atoms with van der Waals surface area (Å²) < 4.78 is 7.76. The first-order valence-corrected chi connectivity index (χ1v) is 8.63. The van der Waals surface area contributed by atoms with Crippen molar-refractivity contribution in [1.29, 1.82) is 0 Å². The van der Waals surface area contributed by atoms with Gasteiger partial charge in [-0.05, 0) is 43.0 Å². The molecular weight excluding hydrogens is 314 g/mol. The summed E-state index contributed by atoms with van der Waals surface area (Å²) in [6, 6.07) is 10.2. The first-order chi connectivity index (χ1) is 12.3. The van der Waals surface area contributed by atoms with Crippen LogP contribution in [0.2, 0.25) is 0 Å². The second-order valence-corrected chi connectivity index (χ2v) is 6.72. The van der Waals surface area contributed by atoms with Crippen LogP contribution in [0, 0.1) is 5.92 Å². The molecule has 1 aromatic carbocycles. The van der Waals surface area contributed by atoms with Crippen molar-refractivity contribution < 1.29 is 4.74 Å². The van der Waals surface area contributed by atoms with E-state index in [1.165, 1.54) is 12.8 Å². The summed E-state index contributed by atoms with van der Waals surface area (Å²) in [5, 5.41) is 8.96. The molecule has 1 aliphatic heterocycles. The highest BCUT2D eigenvalue weighted by atomic mass is 16.5. The van der Waals surface area contributed by atoms with Crippen LogP contribution in [0.15, 0.2) is 41.5 Å². The lowest BCUT2D eigenvalue weighted by Gasteiger charge is -2.07. The Labute approximate surface area is 145 Å². The minimum atomic E-state index is 0.679. The first-order valence-electron chi connectivity index (χ1n) is 8.63. The van der Waals surface area contributed by atoms with Gasteiger partial charge < -0.3 is 10.1 Å². The molecule has 126 valence electrons. The number of ether oxygens (including phenoxy) is 1. The smallest absolute Gasteiger partial charge is 0.240 e. The normalized spacial score (nSPS) is 16.0. The molecule has 1 aliphatic carbocycles. The van der Waals surface area contributed by atoms with Crippen LogP contribution in [-0.2, 0) is 13.6 Å². The fourth-order valence-electron chi connectivity index (χ4n) is 3.14. The van der Waals surface area contributed by atoms with E-state index in [2.05, 4.69) is 38.6 Å². The van der Waals surface area contributed by atoms with E-state index in [1.54, 1.807) is 6.20 Å². The maximum absolute atomic E-state index is 5.90. The van der Waals surface area contributed by atoms with Crippen LogP contribution in [0.3, 0.4) is 0 Å². The Bertz CT molecular complexity index is 987. The number of aliphatic imine (C=N–C) groups is 1. The highest BCUT2D eigenvalue weighted by Gasteiger charge is 2.23. The third-order valence-electron chi connectivity index (χ3n) is 4.76. The molecule has 6 heteroatoms. The van der Waals surface area contributed by atoms with Crippen molar-refractivity contribution in [2.24, 2.45) is 18.0 Å². The number of benzene rings is 1. The molecule has 0 amide bonds. The van der Waals surface area contributed by atoms with Gasteiger partial charge in [0.05, 0.1) is 24.1 Å². The van der Waals surface area contributed by atoms with Crippen molar-refractivity contribution in [2.45, 2.75) is 19.4 Å². The van der Waals surface area contributed by atoms with E-state index in [1.807, 2.05) is 23.9 Å². The topological polar surface area (TPSA) is 64.3 Å². The number of pyridine rings is 1. The van der Waals surface area contributed by atoms with Crippen LogP contribution in [0.4, 0.5) is 5.69 Å². The van der Waals surface area contributed by atoms with Crippen LogP contribution in [-0.4, -0.2) is 27.2 Å². The molecule has 3 aromatic rings. The average Bonchev–Trinajstić information content (AvgIpc) is 3.31. The minimum Gasteiger partial charge on any atom is -0.476 e. The van der Waals surface area contributed by atoms with E-state index in [9.17, 15) is 0 Å². The van der Waals surface area contributed by atoms with Crippen molar-refractivity contribution in [3.05, 3.63) is 47.8 Å². The van der Waals surface area contributed by atoms with Gasteiger partial charge in [-0.3, -0.25) is 14.7 Å². The van der Waals surface area contributed by atoms with E-state index in [0.29, 0.717) is 12.5 Å². The van der Waals surface area contributed by atoms with Gasteiger partial charge in [-0.25, -0.2) is 0 Å². The molecule has 0 saturated heterocycles. The van der Waals surface area contributed by atoms with Crippen molar-refractivity contribution >= 4 is 22.4 Å². The average molecular weight is 333 g/mol. The van der Waals surface area contributed by atoms with E-state index in [-0.39, 0.29) is 0 Å². The molecule has 1 N–H and O–H groups in total. The Kier molecular flexibility index (Phi) is 3.23. The number of fused-ring (bicyclic) bond motifs is 2. The summed E-state index contributed by atoms with van der Waals surface area (Å²) in [6.45, 7) is 1.45.